The van der Waals surface area contributed by atoms with Gasteiger partial charge in [0.1, 0.15) is 0 Å². The van der Waals surface area contributed by atoms with Gasteiger partial charge in [-0.25, -0.2) is 4.98 Å². The van der Waals surface area contributed by atoms with Gasteiger partial charge in [0, 0.05) is 12.7 Å². The summed E-state index contributed by atoms with van der Waals surface area (Å²) in [6.45, 7) is 2.47. The summed E-state index contributed by atoms with van der Waals surface area (Å²) < 4.78 is 5.30. The summed E-state index contributed by atoms with van der Waals surface area (Å²) in [6.07, 6.45) is 3.51. The van der Waals surface area contributed by atoms with Gasteiger partial charge in [0.05, 0.1) is 31.3 Å². The van der Waals surface area contributed by atoms with E-state index in [9.17, 15) is 0 Å². The molecule has 1 atom stereocenters. The average molecular weight is 153 g/mol. The van der Waals surface area contributed by atoms with Crippen LogP contribution in [-0.2, 0) is 4.74 Å². The molecular weight excluding hydrogens is 142 g/mol. The van der Waals surface area contributed by atoms with Gasteiger partial charge in [0.2, 0.25) is 0 Å². The number of ether oxygens (including phenoxy) is 1. The molecule has 1 fully saturated rings. The number of rotatable bonds is 1. The quantitative estimate of drug-likeness (QED) is 0.600. The van der Waals surface area contributed by atoms with E-state index in [-0.39, 0.29) is 0 Å². The van der Waals surface area contributed by atoms with Gasteiger partial charge in [0.15, 0.2) is 0 Å². The molecule has 2 heterocycles. The lowest BCUT2D eigenvalue weighted by molar-refractivity contribution is 0.0757. The summed E-state index contributed by atoms with van der Waals surface area (Å²) >= 11 is 0. The molecule has 2 N–H and O–H groups in total. The second-order valence-corrected chi connectivity index (χ2v) is 2.59. The van der Waals surface area contributed by atoms with Crippen LogP contribution < -0.4 is 5.32 Å². The smallest absolute Gasteiger partial charge is 0.0922 e. The number of nitrogens with one attached hydrogen (secondary N) is 2. The number of nitrogens with zero attached hydrogens (tertiary/aromatic N) is 1. The summed E-state index contributed by atoms with van der Waals surface area (Å²) in [4.78, 5) is 7.00. The first kappa shape index (κ1) is 6.82. The molecule has 60 valence electrons. The second-order valence-electron chi connectivity index (χ2n) is 2.59. The summed E-state index contributed by atoms with van der Waals surface area (Å²) in [7, 11) is 0. The maximum atomic E-state index is 5.30. The molecular formula is C7H11N3O. The van der Waals surface area contributed by atoms with Crippen molar-refractivity contribution in [2.24, 2.45) is 0 Å². The predicted octanol–water partition coefficient (Wildman–Crippen LogP) is 0.0706. The van der Waals surface area contributed by atoms with Crippen molar-refractivity contribution < 1.29 is 4.74 Å². The Labute approximate surface area is 65.0 Å². The second kappa shape index (κ2) is 3.02. The highest BCUT2D eigenvalue weighted by atomic mass is 16.5. The largest absolute Gasteiger partial charge is 0.378 e. The fourth-order valence-corrected chi connectivity index (χ4v) is 1.22. The molecule has 1 aliphatic heterocycles. The van der Waals surface area contributed by atoms with Gasteiger partial charge in [-0.3, -0.25) is 0 Å². The van der Waals surface area contributed by atoms with Crippen LogP contribution in [-0.4, -0.2) is 29.7 Å². The van der Waals surface area contributed by atoms with Gasteiger partial charge in [-0.15, -0.1) is 0 Å². The first-order valence-electron chi connectivity index (χ1n) is 3.76. The Hall–Kier alpha value is -0.870. The summed E-state index contributed by atoms with van der Waals surface area (Å²) in [5, 5.41) is 3.33. The van der Waals surface area contributed by atoms with E-state index in [1.165, 1.54) is 0 Å². The van der Waals surface area contributed by atoms with Crippen LogP contribution in [0.1, 0.15) is 11.7 Å². The standard InChI is InChI=1S/C7H11N3O/c1-2-11-4-7(9-1)6-3-8-5-10-6/h3,5,7,9H,1-2,4H2,(H,8,10). The maximum Gasteiger partial charge on any atom is 0.0922 e. The molecule has 4 nitrogen and oxygen atoms in total. The number of hydrogen-bond acceptors (Lipinski definition) is 3. The highest BCUT2D eigenvalue weighted by Crippen LogP contribution is 2.10. The minimum absolute atomic E-state index is 0.297. The zero-order valence-corrected chi connectivity index (χ0v) is 6.21. The zero-order chi connectivity index (χ0) is 7.52. The minimum atomic E-state index is 0.297. The Morgan fingerprint density at radius 2 is 2.64 bits per heavy atom. The molecule has 0 aliphatic carbocycles. The van der Waals surface area contributed by atoms with Crippen LogP contribution in [0.25, 0.3) is 0 Å². The van der Waals surface area contributed by atoms with E-state index in [0.717, 1.165) is 25.5 Å². The average Bonchev–Trinajstić information content (AvgIpc) is 2.58. The third-order valence-electron chi connectivity index (χ3n) is 1.82. The lowest BCUT2D eigenvalue weighted by atomic mass is 10.2. The Morgan fingerprint density at radius 3 is 3.27 bits per heavy atom. The lowest BCUT2D eigenvalue weighted by Gasteiger charge is -2.22. The topological polar surface area (TPSA) is 49.9 Å². The third kappa shape index (κ3) is 1.41. The number of H-pyrrole nitrogens is 1. The Kier molecular flexibility index (Phi) is 1.87. The predicted molar refractivity (Wildman–Crippen MR) is 40.2 cm³/mol. The normalized spacial score (nSPS) is 25.3. The van der Waals surface area contributed by atoms with Crippen LogP contribution in [0.4, 0.5) is 0 Å². The van der Waals surface area contributed by atoms with E-state index < -0.39 is 0 Å². The van der Waals surface area contributed by atoms with Crippen molar-refractivity contribution in [2.75, 3.05) is 19.8 Å². The van der Waals surface area contributed by atoms with E-state index in [2.05, 4.69) is 15.3 Å². The molecule has 2 rings (SSSR count). The van der Waals surface area contributed by atoms with Crippen molar-refractivity contribution in [2.45, 2.75) is 6.04 Å². The van der Waals surface area contributed by atoms with Crippen molar-refractivity contribution in [3.63, 3.8) is 0 Å². The molecule has 1 aromatic rings. The zero-order valence-electron chi connectivity index (χ0n) is 6.21. The first-order chi connectivity index (χ1) is 5.47. The monoisotopic (exact) mass is 153 g/mol. The van der Waals surface area contributed by atoms with Crippen LogP contribution in [0.5, 0.6) is 0 Å². The number of aromatic nitrogens is 2. The third-order valence-corrected chi connectivity index (χ3v) is 1.82. The Morgan fingerprint density at radius 1 is 1.64 bits per heavy atom. The maximum absolute atomic E-state index is 5.30. The molecule has 0 radical (unpaired) electrons. The molecule has 1 unspecified atom stereocenters. The van der Waals surface area contributed by atoms with Crippen LogP contribution in [0.15, 0.2) is 12.5 Å². The van der Waals surface area contributed by atoms with Crippen LogP contribution in [0, 0.1) is 0 Å². The van der Waals surface area contributed by atoms with Crippen LogP contribution >= 0.6 is 0 Å². The molecule has 0 amide bonds. The molecule has 11 heavy (non-hydrogen) atoms. The van der Waals surface area contributed by atoms with Crippen molar-refractivity contribution in [1.29, 1.82) is 0 Å². The van der Waals surface area contributed by atoms with E-state index >= 15 is 0 Å². The Bertz CT molecular complexity index is 203. The van der Waals surface area contributed by atoms with Gasteiger partial charge in [-0.05, 0) is 0 Å². The highest BCUT2D eigenvalue weighted by Gasteiger charge is 2.15. The van der Waals surface area contributed by atoms with Crippen molar-refractivity contribution in [1.82, 2.24) is 15.3 Å². The number of imidazole rings is 1. The van der Waals surface area contributed by atoms with Crippen molar-refractivity contribution in [3.05, 3.63) is 18.2 Å². The summed E-state index contributed by atoms with van der Waals surface area (Å²) in [5.41, 5.74) is 1.10. The van der Waals surface area contributed by atoms with Gasteiger partial charge in [0.25, 0.3) is 0 Å². The van der Waals surface area contributed by atoms with Gasteiger partial charge in [-0.1, -0.05) is 0 Å². The van der Waals surface area contributed by atoms with Gasteiger partial charge < -0.3 is 15.0 Å². The fourth-order valence-electron chi connectivity index (χ4n) is 1.22. The number of aromatic amines is 1. The van der Waals surface area contributed by atoms with E-state index in [1.54, 1.807) is 6.33 Å². The summed E-state index contributed by atoms with van der Waals surface area (Å²) in [5.74, 6) is 0. The summed E-state index contributed by atoms with van der Waals surface area (Å²) in [6, 6.07) is 0.297. The van der Waals surface area contributed by atoms with Crippen molar-refractivity contribution in [3.8, 4) is 0 Å². The Balaban J connectivity index is 2.04. The van der Waals surface area contributed by atoms with Gasteiger partial charge in [-0.2, -0.15) is 0 Å². The highest BCUT2D eigenvalue weighted by molar-refractivity contribution is 5.02. The molecule has 0 saturated carbocycles. The lowest BCUT2D eigenvalue weighted by Crippen LogP contribution is -2.34. The molecule has 0 spiro atoms. The van der Waals surface area contributed by atoms with Crippen LogP contribution in [0.2, 0.25) is 0 Å². The molecule has 4 heteroatoms. The first-order valence-corrected chi connectivity index (χ1v) is 3.76. The van der Waals surface area contributed by atoms with Crippen LogP contribution in [0.3, 0.4) is 0 Å². The van der Waals surface area contributed by atoms with Gasteiger partial charge >= 0.3 is 0 Å². The SMILES string of the molecule is c1ncc(C2COCCN2)[nH]1. The molecule has 1 aromatic heterocycles. The minimum Gasteiger partial charge on any atom is -0.378 e. The van der Waals surface area contributed by atoms with E-state index in [4.69, 9.17) is 4.74 Å². The van der Waals surface area contributed by atoms with Crippen molar-refractivity contribution >= 4 is 0 Å². The fraction of sp³-hybridized carbons (Fsp3) is 0.571. The van der Waals surface area contributed by atoms with E-state index in [0.29, 0.717) is 6.04 Å². The number of hydrogen-bond donors (Lipinski definition) is 2. The number of morpholine rings is 1. The van der Waals surface area contributed by atoms with E-state index in [1.807, 2.05) is 6.20 Å². The molecule has 1 aliphatic rings. The molecule has 0 aromatic carbocycles. The molecule has 1 saturated heterocycles. The molecule has 0 bridgehead atoms.